The van der Waals surface area contributed by atoms with Crippen molar-refractivity contribution in [2.75, 3.05) is 51.6 Å². The van der Waals surface area contributed by atoms with E-state index in [1.165, 1.54) is 14.2 Å². The summed E-state index contributed by atoms with van der Waals surface area (Å²) < 4.78 is 16.4. The Kier molecular flexibility index (Phi) is 6.47. The SMILES string of the molecule is COc1cccc(OC)c1C(=O)Nc1ccc2c(c1)N(CCN(C)C)C(=O)C(C)O2. The highest BCUT2D eigenvalue weighted by atomic mass is 16.5. The lowest BCUT2D eigenvalue weighted by molar-refractivity contribution is -0.125. The van der Waals surface area contributed by atoms with Crippen LogP contribution in [0.25, 0.3) is 0 Å². The highest BCUT2D eigenvalue weighted by Gasteiger charge is 2.31. The Balaban J connectivity index is 1.91. The van der Waals surface area contributed by atoms with Gasteiger partial charge < -0.3 is 29.3 Å². The molecule has 3 rings (SSSR count). The molecular weight excluding hydrogens is 386 g/mol. The Morgan fingerprint density at radius 1 is 1.17 bits per heavy atom. The first kappa shape index (κ1) is 21.4. The molecule has 0 spiro atoms. The zero-order valence-corrected chi connectivity index (χ0v) is 17.9. The first-order chi connectivity index (χ1) is 14.3. The van der Waals surface area contributed by atoms with Crippen LogP contribution in [0.3, 0.4) is 0 Å². The third-order valence-corrected chi connectivity index (χ3v) is 4.85. The van der Waals surface area contributed by atoms with Gasteiger partial charge in [-0.2, -0.15) is 0 Å². The number of nitrogens with zero attached hydrogens (tertiary/aromatic N) is 2. The Morgan fingerprint density at radius 2 is 1.83 bits per heavy atom. The molecule has 1 N–H and O–H groups in total. The molecule has 30 heavy (non-hydrogen) atoms. The molecule has 1 aliphatic rings. The van der Waals surface area contributed by atoms with Gasteiger partial charge in [0.2, 0.25) is 0 Å². The fraction of sp³-hybridized carbons (Fsp3) is 0.364. The highest BCUT2D eigenvalue weighted by Crippen LogP contribution is 2.37. The predicted octanol–water partition coefficient (Wildman–Crippen LogP) is 2.63. The second kappa shape index (κ2) is 9.04. The van der Waals surface area contributed by atoms with Crippen molar-refractivity contribution >= 4 is 23.2 Å². The van der Waals surface area contributed by atoms with E-state index in [2.05, 4.69) is 5.32 Å². The number of carbonyl (C=O) groups excluding carboxylic acids is 2. The van der Waals surface area contributed by atoms with E-state index in [0.29, 0.717) is 47.3 Å². The van der Waals surface area contributed by atoms with E-state index in [4.69, 9.17) is 14.2 Å². The van der Waals surface area contributed by atoms with Crippen LogP contribution in [-0.4, -0.2) is 64.2 Å². The minimum absolute atomic E-state index is 0.112. The number of hydrogen-bond donors (Lipinski definition) is 1. The van der Waals surface area contributed by atoms with Gasteiger partial charge >= 0.3 is 0 Å². The van der Waals surface area contributed by atoms with Gasteiger partial charge in [-0.1, -0.05) is 6.07 Å². The van der Waals surface area contributed by atoms with Crippen LogP contribution in [0.15, 0.2) is 36.4 Å². The van der Waals surface area contributed by atoms with Gasteiger partial charge in [-0.3, -0.25) is 9.59 Å². The molecule has 2 aromatic carbocycles. The Morgan fingerprint density at radius 3 is 2.43 bits per heavy atom. The first-order valence-corrected chi connectivity index (χ1v) is 9.64. The third-order valence-electron chi connectivity index (χ3n) is 4.85. The number of anilines is 2. The molecule has 0 saturated heterocycles. The third kappa shape index (κ3) is 4.33. The minimum Gasteiger partial charge on any atom is -0.496 e. The smallest absolute Gasteiger partial charge is 0.267 e. The van der Waals surface area contributed by atoms with Gasteiger partial charge in [0.1, 0.15) is 22.8 Å². The van der Waals surface area contributed by atoms with Crippen molar-refractivity contribution < 1.29 is 23.8 Å². The molecule has 0 radical (unpaired) electrons. The van der Waals surface area contributed by atoms with E-state index < -0.39 is 6.10 Å². The maximum absolute atomic E-state index is 13.0. The fourth-order valence-electron chi connectivity index (χ4n) is 3.28. The van der Waals surface area contributed by atoms with Gasteiger partial charge in [-0.15, -0.1) is 0 Å². The number of amides is 2. The molecule has 1 heterocycles. The van der Waals surface area contributed by atoms with E-state index in [9.17, 15) is 9.59 Å². The predicted molar refractivity (Wildman–Crippen MR) is 115 cm³/mol. The van der Waals surface area contributed by atoms with Crippen molar-refractivity contribution in [3.63, 3.8) is 0 Å². The fourth-order valence-corrected chi connectivity index (χ4v) is 3.28. The lowest BCUT2D eigenvalue weighted by atomic mass is 10.1. The average Bonchev–Trinajstić information content (AvgIpc) is 2.73. The van der Waals surface area contributed by atoms with Crippen LogP contribution >= 0.6 is 0 Å². The topological polar surface area (TPSA) is 80.3 Å². The summed E-state index contributed by atoms with van der Waals surface area (Å²) in [4.78, 5) is 29.4. The van der Waals surface area contributed by atoms with Crippen LogP contribution in [-0.2, 0) is 4.79 Å². The van der Waals surface area contributed by atoms with Crippen molar-refractivity contribution in [3.05, 3.63) is 42.0 Å². The van der Waals surface area contributed by atoms with E-state index in [0.717, 1.165) is 0 Å². The number of rotatable bonds is 7. The van der Waals surface area contributed by atoms with Crippen LogP contribution in [0, 0.1) is 0 Å². The summed E-state index contributed by atoms with van der Waals surface area (Å²) in [6, 6.07) is 10.4. The number of ether oxygens (including phenoxy) is 3. The number of hydrogen-bond acceptors (Lipinski definition) is 6. The highest BCUT2D eigenvalue weighted by molar-refractivity contribution is 6.09. The summed E-state index contributed by atoms with van der Waals surface area (Å²) in [6.45, 7) is 2.95. The molecule has 2 aromatic rings. The van der Waals surface area contributed by atoms with E-state index in [-0.39, 0.29) is 11.8 Å². The molecule has 160 valence electrons. The second-order valence-corrected chi connectivity index (χ2v) is 7.23. The van der Waals surface area contributed by atoms with E-state index >= 15 is 0 Å². The van der Waals surface area contributed by atoms with Crippen LogP contribution in [0.1, 0.15) is 17.3 Å². The minimum atomic E-state index is -0.557. The second-order valence-electron chi connectivity index (χ2n) is 7.23. The van der Waals surface area contributed by atoms with Crippen molar-refractivity contribution in [2.45, 2.75) is 13.0 Å². The molecule has 0 aromatic heterocycles. The van der Waals surface area contributed by atoms with E-state index in [1.807, 2.05) is 19.0 Å². The quantitative estimate of drug-likeness (QED) is 0.752. The van der Waals surface area contributed by atoms with Crippen molar-refractivity contribution in [2.24, 2.45) is 0 Å². The zero-order chi connectivity index (χ0) is 21.8. The summed E-state index contributed by atoms with van der Waals surface area (Å²) in [5, 5.41) is 2.87. The number of nitrogens with one attached hydrogen (secondary N) is 1. The van der Waals surface area contributed by atoms with Gasteiger partial charge in [0.05, 0.1) is 19.9 Å². The number of methoxy groups -OCH3 is 2. The van der Waals surface area contributed by atoms with Crippen molar-refractivity contribution in [1.29, 1.82) is 0 Å². The summed E-state index contributed by atoms with van der Waals surface area (Å²) in [6.07, 6.45) is -0.557. The Bertz CT molecular complexity index is 922. The summed E-state index contributed by atoms with van der Waals surface area (Å²) in [5.41, 5.74) is 1.46. The van der Waals surface area contributed by atoms with Crippen LogP contribution < -0.4 is 24.4 Å². The lowest BCUT2D eigenvalue weighted by Crippen LogP contribution is -2.46. The van der Waals surface area contributed by atoms with Crippen molar-refractivity contribution in [3.8, 4) is 17.2 Å². The molecule has 8 heteroatoms. The number of likely N-dealkylation sites (N-methyl/N-ethyl adjacent to an activating group) is 1. The van der Waals surface area contributed by atoms with Crippen LogP contribution in [0.4, 0.5) is 11.4 Å². The molecule has 0 bridgehead atoms. The lowest BCUT2D eigenvalue weighted by Gasteiger charge is -2.34. The normalized spacial score (nSPS) is 15.5. The van der Waals surface area contributed by atoms with Gasteiger partial charge in [0, 0.05) is 18.8 Å². The monoisotopic (exact) mass is 413 g/mol. The zero-order valence-electron chi connectivity index (χ0n) is 17.9. The molecule has 8 nitrogen and oxygen atoms in total. The average molecular weight is 413 g/mol. The number of carbonyl (C=O) groups is 2. The maximum atomic E-state index is 13.0. The Hall–Kier alpha value is -3.26. The standard InChI is InChI=1S/C22H27N3O5/c1-14-22(27)25(12-11-24(2)3)16-13-15(9-10-17(16)30-14)23-21(26)20-18(28-4)7-6-8-19(20)29-5/h6-10,13-14H,11-12H2,1-5H3,(H,23,26). The molecule has 0 fully saturated rings. The van der Waals surface area contributed by atoms with Crippen molar-refractivity contribution in [1.82, 2.24) is 4.90 Å². The molecule has 1 atom stereocenters. The largest absolute Gasteiger partial charge is 0.496 e. The molecule has 1 aliphatic heterocycles. The van der Waals surface area contributed by atoms with Gasteiger partial charge in [-0.25, -0.2) is 0 Å². The molecule has 2 amide bonds. The molecule has 0 aliphatic carbocycles. The van der Waals surface area contributed by atoms with Gasteiger partial charge in [-0.05, 0) is 51.4 Å². The first-order valence-electron chi connectivity index (χ1n) is 9.64. The van der Waals surface area contributed by atoms with Gasteiger partial charge in [0.15, 0.2) is 6.10 Å². The van der Waals surface area contributed by atoms with Crippen LogP contribution in [0.2, 0.25) is 0 Å². The van der Waals surface area contributed by atoms with Crippen LogP contribution in [0.5, 0.6) is 17.2 Å². The summed E-state index contributed by atoms with van der Waals surface area (Å²) in [5.74, 6) is 0.933. The molecule has 0 saturated carbocycles. The Labute approximate surface area is 176 Å². The molecular formula is C22H27N3O5. The van der Waals surface area contributed by atoms with Gasteiger partial charge in [0.25, 0.3) is 11.8 Å². The van der Waals surface area contributed by atoms with E-state index in [1.54, 1.807) is 48.2 Å². The summed E-state index contributed by atoms with van der Waals surface area (Å²) >= 11 is 0. The summed E-state index contributed by atoms with van der Waals surface area (Å²) in [7, 11) is 6.90. The number of fused-ring (bicyclic) bond motifs is 1. The maximum Gasteiger partial charge on any atom is 0.267 e. The number of benzene rings is 2. The molecule has 1 unspecified atom stereocenters.